The van der Waals surface area contributed by atoms with E-state index in [0.717, 1.165) is 49.3 Å². The van der Waals surface area contributed by atoms with Crippen molar-refractivity contribution in [1.82, 2.24) is 19.9 Å². The minimum atomic E-state index is 0.651. The molecule has 0 radical (unpaired) electrons. The van der Waals surface area contributed by atoms with Crippen LogP contribution in [0.1, 0.15) is 48.0 Å². The molecule has 1 aliphatic carbocycles. The molecule has 0 atom stereocenters. The van der Waals surface area contributed by atoms with Gasteiger partial charge < -0.3 is 9.80 Å². The first-order chi connectivity index (χ1) is 12.1. The summed E-state index contributed by atoms with van der Waals surface area (Å²) in [5.74, 6) is 3.66. The molecule has 6 heteroatoms. The van der Waals surface area contributed by atoms with E-state index in [4.69, 9.17) is 0 Å². The number of hydrogen-bond donors (Lipinski definition) is 0. The molecule has 132 valence electrons. The smallest absolute Gasteiger partial charge is 0.135 e. The molecule has 0 bridgehead atoms. The van der Waals surface area contributed by atoms with Gasteiger partial charge in [-0.3, -0.25) is 0 Å². The molecule has 0 amide bonds. The lowest BCUT2D eigenvalue weighted by atomic mass is 9.83. The van der Waals surface area contributed by atoms with Crippen LogP contribution in [0.4, 0.5) is 11.6 Å². The van der Waals surface area contributed by atoms with E-state index in [9.17, 15) is 0 Å². The minimum Gasteiger partial charge on any atom is -0.353 e. The van der Waals surface area contributed by atoms with Gasteiger partial charge >= 0.3 is 0 Å². The summed E-state index contributed by atoms with van der Waals surface area (Å²) in [5, 5.41) is 0. The Labute approximate surface area is 149 Å². The predicted molar refractivity (Wildman–Crippen MR) is 99.3 cm³/mol. The quantitative estimate of drug-likeness (QED) is 0.858. The van der Waals surface area contributed by atoms with E-state index in [1.807, 2.05) is 6.92 Å². The Morgan fingerprint density at radius 2 is 1.64 bits per heavy atom. The largest absolute Gasteiger partial charge is 0.353 e. The number of anilines is 2. The highest BCUT2D eigenvalue weighted by atomic mass is 15.3. The lowest BCUT2D eigenvalue weighted by molar-refractivity contribution is 0.410. The van der Waals surface area contributed by atoms with Gasteiger partial charge in [0.05, 0.1) is 0 Å². The normalized spacial score (nSPS) is 18.4. The van der Waals surface area contributed by atoms with Crippen molar-refractivity contribution in [3.63, 3.8) is 0 Å². The van der Waals surface area contributed by atoms with E-state index in [2.05, 4.69) is 49.6 Å². The molecule has 0 spiro atoms. The van der Waals surface area contributed by atoms with Gasteiger partial charge in [-0.25, -0.2) is 19.9 Å². The molecule has 2 aromatic rings. The maximum absolute atomic E-state index is 4.68. The van der Waals surface area contributed by atoms with E-state index in [1.165, 1.54) is 30.5 Å². The highest BCUT2D eigenvalue weighted by molar-refractivity contribution is 5.51. The molecular formula is C19H26N6. The second-order valence-electron chi connectivity index (χ2n) is 7.21. The molecule has 2 aromatic heterocycles. The number of aromatic nitrogens is 4. The van der Waals surface area contributed by atoms with Gasteiger partial charge in [-0.05, 0) is 33.6 Å². The molecule has 25 heavy (non-hydrogen) atoms. The number of nitrogens with zero attached hydrogens (tertiary/aromatic N) is 6. The second-order valence-corrected chi connectivity index (χ2v) is 7.21. The minimum absolute atomic E-state index is 0.651. The summed E-state index contributed by atoms with van der Waals surface area (Å²) in [4.78, 5) is 22.9. The first-order valence-corrected chi connectivity index (χ1v) is 9.25. The Balaban J connectivity index is 1.47. The second kappa shape index (κ2) is 6.58. The summed E-state index contributed by atoms with van der Waals surface area (Å²) >= 11 is 0. The maximum atomic E-state index is 4.68. The average molecular weight is 338 g/mol. The van der Waals surface area contributed by atoms with E-state index in [0.29, 0.717) is 5.92 Å². The third-order valence-corrected chi connectivity index (χ3v) is 5.58. The maximum Gasteiger partial charge on any atom is 0.135 e. The first-order valence-electron chi connectivity index (χ1n) is 9.25. The van der Waals surface area contributed by atoms with Crippen molar-refractivity contribution in [1.29, 1.82) is 0 Å². The Hall–Kier alpha value is -2.24. The van der Waals surface area contributed by atoms with Gasteiger partial charge in [0, 0.05) is 55.1 Å². The number of piperazine rings is 1. The third-order valence-electron chi connectivity index (χ3n) is 5.58. The van der Waals surface area contributed by atoms with E-state index in [-0.39, 0.29) is 0 Å². The fourth-order valence-electron chi connectivity index (χ4n) is 3.67. The Bertz CT molecular complexity index is 763. The molecule has 0 aromatic carbocycles. The predicted octanol–water partition coefficient (Wildman–Crippen LogP) is 2.79. The molecule has 0 unspecified atom stereocenters. The van der Waals surface area contributed by atoms with Crippen LogP contribution < -0.4 is 9.80 Å². The Kier molecular flexibility index (Phi) is 4.27. The highest BCUT2D eigenvalue weighted by Crippen LogP contribution is 2.36. The van der Waals surface area contributed by atoms with Gasteiger partial charge in [0.25, 0.3) is 0 Å². The summed E-state index contributed by atoms with van der Waals surface area (Å²) < 4.78 is 0. The fraction of sp³-hybridized carbons (Fsp3) is 0.579. The molecule has 1 aliphatic heterocycles. The number of hydrogen-bond acceptors (Lipinski definition) is 6. The monoisotopic (exact) mass is 338 g/mol. The van der Waals surface area contributed by atoms with Gasteiger partial charge in [-0.1, -0.05) is 6.42 Å². The van der Waals surface area contributed by atoms with Crippen LogP contribution in [0.2, 0.25) is 0 Å². The zero-order valence-corrected chi connectivity index (χ0v) is 15.4. The molecule has 6 nitrogen and oxygen atoms in total. The van der Waals surface area contributed by atoms with Crippen LogP contribution in [-0.2, 0) is 0 Å². The van der Waals surface area contributed by atoms with Crippen molar-refractivity contribution >= 4 is 11.6 Å². The SMILES string of the molecule is Cc1nc(C)c(C)c(N2CCN(c3cc(C4CCC4)ncn3)CC2)n1. The van der Waals surface area contributed by atoms with Gasteiger partial charge in [-0.2, -0.15) is 0 Å². The van der Waals surface area contributed by atoms with Crippen LogP contribution in [0, 0.1) is 20.8 Å². The first kappa shape index (κ1) is 16.2. The molecule has 2 aliphatic rings. The van der Waals surface area contributed by atoms with Crippen molar-refractivity contribution in [3.8, 4) is 0 Å². The van der Waals surface area contributed by atoms with Gasteiger partial charge in [0.1, 0.15) is 23.8 Å². The lowest BCUT2D eigenvalue weighted by Gasteiger charge is -2.37. The summed E-state index contributed by atoms with van der Waals surface area (Å²) in [6.07, 6.45) is 5.61. The van der Waals surface area contributed by atoms with E-state index >= 15 is 0 Å². The molecular weight excluding hydrogens is 312 g/mol. The summed E-state index contributed by atoms with van der Waals surface area (Å²) in [7, 11) is 0. The van der Waals surface area contributed by atoms with Gasteiger partial charge in [0.2, 0.25) is 0 Å². The van der Waals surface area contributed by atoms with E-state index in [1.54, 1.807) is 6.33 Å². The molecule has 1 saturated carbocycles. The van der Waals surface area contributed by atoms with Crippen LogP contribution in [0.25, 0.3) is 0 Å². The molecule has 1 saturated heterocycles. The van der Waals surface area contributed by atoms with Crippen LogP contribution in [0.5, 0.6) is 0 Å². The number of rotatable bonds is 3. The standard InChI is InChI=1S/C19H26N6/c1-13-14(2)22-15(3)23-19(13)25-9-7-24(8-10-25)18-11-17(20-12-21-18)16-5-4-6-16/h11-12,16H,4-10H2,1-3H3. The molecule has 2 fully saturated rings. The topological polar surface area (TPSA) is 58.0 Å². The number of aryl methyl sites for hydroxylation is 2. The van der Waals surface area contributed by atoms with E-state index < -0.39 is 0 Å². The molecule has 0 N–H and O–H groups in total. The molecule has 3 heterocycles. The Morgan fingerprint density at radius 1 is 0.920 bits per heavy atom. The van der Waals surface area contributed by atoms with Crippen molar-refractivity contribution < 1.29 is 0 Å². The Morgan fingerprint density at radius 3 is 2.32 bits per heavy atom. The summed E-state index contributed by atoms with van der Waals surface area (Å²) in [6.45, 7) is 9.98. The lowest BCUT2D eigenvalue weighted by Crippen LogP contribution is -2.47. The van der Waals surface area contributed by atoms with Crippen LogP contribution in [-0.4, -0.2) is 46.1 Å². The summed E-state index contributed by atoms with van der Waals surface area (Å²) in [5.41, 5.74) is 3.48. The summed E-state index contributed by atoms with van der Waals surface area (Å²) in [6, 6.07) is 2.20. The zero-order valence-electron chi connectivity index (χ0n) is 15.4. The van der Waals surface area contributed by atoms with Crippen LogP contribution >= 0.6 is 0 Å². The zero-order chi connectivity index (χ0) is 17.4. The van der Waals surface area contributed by atoms with Gasteiger partial charge in [0.15, 0.2) is 0 Å². The van der Waals surface area contributed by atoms with Crippen molar-refractivity contribution in [2.24, 2.45) is 0 Å². The average Bonchev–Trinajstić information content (AvgIpc) is 2.57. The van der Waals surface area contributed by atoms with Crippen molar-refractivity contribution in [2.45, 2.75) is 46.0 Å². The van der Waals surface area contributed by atoms with Gasteiger partial charge in [-0.15, -0.1) is 0 Å². The van der Waals surface area contributed by atoms with Crippen molar-refractivity contribution in [2.75, 3.05) is 36.0 Å². The molecule has 4 rings (SSSR count). The van der Waals surface area contributed by atoms with Crippen LogP contribution in [0.15, 0.2) is 12.4 Å². The third kappa shape index (κ3) is 3.17. The fourth-order valence-corrected chi connectivity index (χ4v) is 3.67. The van der Waals surface area contributed by atoms with Crippen molar-refractivity contribution in [3.05, 3.63) is 35.2 Å². The highest BCUT2D eigenvalue weighted by Gasteiger charge is 2.24. The van der Waals surface area contributed by atoms with Crippen LogP contribution in [0.3, 0.4) is 0 Å².